The van der Waals surface area contributed by atoms with Crippen LogP contribution in [0.4, 0.5) is 15.5 Å². The first-order valence-electron chi connectivity index (χ1n) is 13.4. The summed E-state index contributed by atoms with van der Waals surface area (Å²) in [5.74, 6) is -0.209. The molecule has 11 nitrogen and oxygen atoms in total. The topological polar surface area (TPSA) is 132 Å². The fourth-order valence-electron chi connectivity index (χ4n) is 5.34. The minimum atomic E-state index is -0.413. The number of aromatic nitrogens is 2. The summed E-state index contributed by atoms with van der Waals surface area (Å²) in [4.78, 5) is 41.9. The summed E-state index contributed by atoms with van der Waals surface area (Å²) in [6.07, 6.45) is 3.81. The van der Waals surface area contributed by atoms with Crippen molar-refractivity contribution in [3.63, 3.8) is 0 Å². The van der Waals surface area contributed by atoms with Crippen LogP contribution in [0.15, 0.2) is 30.3 Å². The van der Waals surface area contributed by atoms with Crippen LogP contribution in [-0.4, -0.2) is 83.8 Å². The molecule has 2 aliphatic heterocycles. The number of likely N-dealkylation sites (tertiary alicyclic amines) is 1. The number of ketones is 1. The first-order chi connectivity index (χ1) is 19.1. The molecule has 4 heterocycles. The van der Waals surface area contributed by atoms with Crippen LogP contribution in [0.3, 0.4) is 0 Å². The Morgan fingerprint density at radius 3 is 2.67 bits per heavy atom. The molecule has 6 rings (SSSR count). The smallest absolute Gasteiger partial charge is 0.333 e. The molecule has 1 aromatic carbocycles. The molecule has 3 aliphatic rings. The Kier molecular flexibility index (Phi) is 7.42. The van der Waals surface area contributed by atoms with E-state index in [4.69, 9.17) is 4.74 Å². The average molecular weight is 550 g/mol. The third-order valence-electron chi connectivity index (χ3n) is 7.25. The summed E-state index contributed by atoms with van der Waals surface area (Å²) in [6.45, 7) is 5.52. The van der Waals surface area contributed by atoms with E-state index in [0.29, 0.717) is 66.5 Å². The zero-order chi connectivity index (χ0) is 26.8. The van der Waals surface area contributed by atoms with Crippen LogP contribution < -0.4 is 16.1 Å². The molecule has 204 valence electrons. The molecule has 39 heavy (non-hydrogen) atoms. The van der Waals surface area contributed by atoms with Crippen molar-refractivity contribution in [1.82, 2.24) is 25.5 Å². The normalized spacial score (nSPS) is 17.2. The largest absolute Gasteiger partial charge is 0.379 e. The van der Waals surface area contributed by atoms with Crippen molar-refractivity contribution >= 4 is 39.7 Å². The van der Waals surface area contributed by atoms with Gasteiger partial charge in [0.15, 0.2) is 5.78 Å². The fourth-order valence-corrected chi connectivity index (χ4v) is 6.26. The number of H-pyrrole nitrogens is 1. The molecule has 0 unspecified atom stereocenters. The van der Waals surface area contributed by atoms with Crippen LogP contribution in [0.1, 0.15) is 41.6 Å². The Morgan fingerprint density at radius 1 is 1.03 bits per heavy atom. The third kappa shape index (κ3) is 5.46. The van der Waals surface area contributed by atoms with Crippen molar-refractivity contribution < 1.29 is 19.1 Å². The van der Waals surface area contributed by atoms with E-state index in [0.717, 1.165) is 35.9 Å². The number of anilines is 2. The van der Waals surface area contributed by atoms with E-state index in [1.165, 1.54) is 24.2 Å². The number of thiophene rings is 1. The van der Waals surface area contributed by atoms with E-state index in [2.05, 4.69) is 31.2 Å². The number of hydrogen-bond donors (Lipinski definition) is 4. The highest BCUT2D eigenvalue weighted by Gasteiger charge is 2.35. The molecule has 0 atom stereocenters. The number of nitrogens with zero attached hydrogens (tertiary/aromatic N) is 3. The molecular weight excluding hydrogens is 518 g/mol. The average Bonchev–Trinajstić information content (AvgIpc) is 3.72. The maximum Gasteiger partial charge on any atom is 0.333 e. The Morgan fingerprint density at radius 2 is 1.85 bits per heavy atom. The Labute approximate surface area is 229 Å². The van der Waals surface area contributed by atoms with Gasteiger partial charge in [0.2, 0.25) is 5.91 Å². The SMILES string of the molecule is O=C(CCCN1CCCC1)Nc1ccc(-c2[nH]nc3c2C(=O)c2c(NC(=O)NN4CCOCC4)cccc2-3)s1. The lowest BCUT2D eigenvalue weighted by molar-refractivity contribution is -0.116. The van der Waals surface area contributed by atoms with Gasteiger partial charge >= 0.3 is 6.03 Å². The van der Waals surface area contributed by atoms with E-state index >= 15 is 0 Å². The van der Waals surface area contributed by atoms with Crippen molar-refractivity contribution in [2.24, 2.45) is 0 Å². The number of rotatable bonds is 8. The zero-order valence-corrected chi connectivity index (χ0v) is 22.4. The van der Waals surface area contributed by atoms with Crippen molar-refractivity contribution in [3.8, 4) is 21.8 Å². The first-order valence-corrected chi connectivity index (χ1v) is 14.2. The Bertz CT molecular complexity index is 1390. The van der Waals surface area contributed by atoms with Crippen LogP contribution in [0.5, 0.6) is 0 Å². The number of morpholine rings is 1. The molecular formula is C27H31N7O4S. The second kappa shape index (κ2) is 11.3. The lowest BCUT2D eigenvalue weighted by atomic mass is 10.1. The van der Waals surface area contributed by atoms with E-state index in [9.17, 15) is 14.4 Å². The molecule has 0 saturated carbocycles. The van der Waals surface area contributed by atoms with Gasteiger partial charge in [-0.3, -0.25) is 20.1 Å². The van der Waals surface area contributed by atoms with Gasteiger partial charge in [0, 0.05) is 25.1 Å². The monoisotopic (exact) mass is 549 g/mol. The molecule has 0 spiro atoms. The van der Waals surface area contributed by atoms with Gasteiger partial charge in [-0.25, -0.2) is 9.80 Å². The molecule has 0 radical (unpaired) electrons. The second-order valence-corrected chi connectivity index (χ2v) is 11.0. The van der Waals surface area contributed by atoms with Gasteiger partial charge in [-0.05, 0) is 57.1 Å². The van der Waals surface area contributed by atoms with E-state index in [1.807, 2.05) is 18.2 Å². The van der Waals surface area contributed by atoms with Crippen molar-refractivity contribution in [2.45, 2.75) is 25.7 Å². The molecule has 3 aromatic rings. The molecule has 4 N–H and O–H groups in total. The number of aromatic amines is 1. The predicted molar refractivity (Wildman–Crippen MR) is 149 cm³/mol. The lowest BCUT2D eigenvalue weighted by Gasteiger charge is -2.27. The van der Waals surface area contributed by atoms with Crippen molar-refractivity contribution in [2.75, 3.05) is 56.6 Å². The zero-order valence-electron chi connectivity index (χ0n) is 21.5. The summed E-state index contributed by atoms with van der Waals surface area (Å²) in [6, 6.07) is 8.65. The molecule has 2 fully saturated rings. The molecule has 2 saturated heterocycles. The molecule has 3 amide bonds. The standard InChI is InChI=1S/C27H31N7O4S/c35-20(7-4-12-33-10-1-2-11-33)29-21-9-8-19(39-21)25-23-24(30-31-25)17-5-3-6-18(22(17)26(23)36)28-27(37)32-34-13-15-38-16-14-34/h3,5-6,8-9H,1-2,4,7,10-16H2,(H,29,35)(H,30,31)(H2,28,32,37). The maximum absolute atomic E-state index is 13.6. The second-order valence-electron chi connectivity index (χ2n) is 9.91. The highest BCUT2D eigenvalue weighted by atomic mass is 32.1. The number of carbonyl (C=O) groups excluding carboxylic acids is 3. The summed E-state index contributed by atoms with van der Waals surface area (Å²) in [5.41, 5.74) is 5.96. The Balaban J connectivity index is 1.13. The van der Waals surface area contributed by atoms with E-state index < -0.39 is 6.03 Å². The predicted octanol–water partition coefficient (Wildman–Crippen LogP) is 3.53. The van der Waals surface area contributed by atoms with Gasteiger partial charge in [-0.2, -0.15) is 5.10 Å². The van der Waals surface area contributed by atoms with Crippen LogP contribution >= 0.6 is 11.3 Å². The highest BCUT2D eigenvalue weighted by molar-refractivity contribution is 7.19. The number of ether oxygens (including phenoxy) is 1. The van der Waals surface area contributed by atoms with Crippen LogP contribution in [0.2, 0.25) is 0 Å². The maximum atomic E-state index is 13.6. The number of benzene rings is 1. The number of amides is 3. The number of hydrogen-bond acceptors (Lipinski definition) is 8. The quantitative estimate of drug-likeness (QED) is 0.264. The van der Waals surface area contributed by atoms with Gasteiger partial charge in [0.25, 0.3) is 0 Å². The number of nitrogens with one attached hydrogen (secondary N) is 4. The summed E-state index contributed by atoms with van der Waals surface area (Å²) in [7, 11) is 0. The third-order valence-corrected chi connectivity index (χ3v) is 8.27. The van der Waals surface area contributed by atoms with E-state index in [-0.39, 0.29) is 11.7 Å². The molecule has 0 bridgehead atoms. The van der Waals surface area contributed by atoms with Gasteiger partial charge in [-0.1, -0.05) is 12.1 Å². The fraction of sp³-hybridized carbons (Fsp3) is 0.407. The van der Waals surface area contributed by atoms with Crippen molar-refractivity contribution in [1.29, 1.82) is 0 Å². The van der Waals surface area contributed by atoms with Gasteiger partial charge in [-0.15, -0.1) is 11.3 Å². The molecule has 2 aromatic heterocycles. The van der Waals surface area contributed by atoms with Crippen molar-refractivity contribution in [3.05, 3.63) is 41.5 Å². The van der Waals surface area contributed by atoms with Gasteiger partial charge < -0.3 is 20.3 Å². The molecule has 12 heteroatoms. The first kappa shape index (κ1) is 25.7. The summed E-state index contributed by atoms with van der Waals surface area (Å²) < 4.78 is 5.31. The van der Waals surface area contributed by atoms with Crippen LogP contribution in [0, 0.1) is 0 Å². The summed E-state index contributed by atoms with van der Waals surface area (Å²) in [5, 5.41) is 15.8. The number of urea groups is 1. The van der Waals surface area contributed by atoms with E-state index in [1.54, 1.807) is 17.1 Å². The minimum Gasteiger partial charge on any atom is -0.379 e. The lowest BCUT2D eigenvalue weighted by Crippen LogP contribution is -2.49. The number of hydrazine groups is 1. The Hall–Kier alpha value is -3.58. The number of carbonyl (C=O) groups is 3. The minimum absolute atomic E-state index is 0.00742. The molecule has 1 aliphatic carbocycles. The number of fused-ring (bicyclic) bond motifs is 3. The summed E-state index contributed by atoms with van der Waals surface area (Å²) >= 11 is 1.40. The van der Waals surface area contributed by atoms with Crippen LogP contribution in [0.25, 0.3) is 21.8 Å². The van der Waals surface area contributed by atoms with Gasteiger partial charge in [0.05, 0.1) is 45.6 Å². The van der Waals surface area contributed by atoms with Gasteiger partial charge in [0.1, 0.15) is 5.69 Å². The van der Waals surface area contributed by atoms with Crippen LogP contribution in [-0.2, 0) is 9.53 Å². The highest BCUT2D eigenvalue weighted by Crippen LogP contribution is 2.44.